The van der Waals surface area contributed by atoms with Crippen LogP contribution in [0.5, 0.6) is 0 Å². The van der Waals surface area contributed by atoms with Gasteiger partial charge in [0.1, 0.15) is 0 Å². The highest BCUT2D eigenvalue weighted by Gasteiger charge is 2.28. The molecule has 0 aromatic heterocycles. The fourth-order valence-electron chi connectivity index (χ4n) is 1.70. The topological polar surface area (TPSA) is 72.2 Å². The van der Waals surface area contributed by atoms with Gasteiger partial charge in [-0.25, -0.2) is 13.1 Å². The maximum Gasteiger partial charge on any atom is 0.208 e. The summed E-state index contributed by atoms with van der Waals surface area (Å²) < 4.78 is 24.4. The Morgan fingerprint density at radius 3 is 2.23 bits per heavy atom. The van der Waals surface area contributed by atoms with Crippen LogP contribution in [0.3, 0.4) is 0 Å². The number of hydrogen-bond donors (Lipinski definition) is 2. The normalized spacial score (nSPS) is 36.1. The molecule has 5 heteroatoms. The van der Waals surface area contributed by atoms with Gasteiger partial charge in [-0.3, -0.25) is 0 Å². The minimum Gasteiger partial charge on any atom is -0.325 e. The van der Waals surface area contributed by atoms with Gasteiger partial charge in [-0.1, -0.05) is 0 Å². The van der Waals surface area contributed by atoms with E-state index in [1.54, 1.807) is 0 Å². The summed E-state index contributed by atoms with van der Waals surface area (Å²) in [5.41, 5.74) is 5.83. The third-order valence-electron chi connectivity index (χ3n) is 2.51. The van der Waals surface area contributed by atoms with Gasteiger partial charge in [-0.05, 0) is 32.6 Å². The average molecular weight is 206 g/mol. The molecular weight excluding hydrogens is 188 g/mol. The molecule has 0 aromatic carbocycles. The minimum atomic E-state index is -3.05. The predicted molar refractivity (Wildman–Crippen MR) is 52.8 cm³/mol. The van der Waals surface area contributed by atoms with E-state index < -0.39 is 10.0 Å². The average Bonchev–Trinajstić information content (AvgIpc) is 1.91. The number of sulfonamides is 1. The van der Waals surface area contributed by atoms with Gasteiger partial charge in [-0.15, -0.1) is 0 Å². The maximum absolute atomic E-state index is 10.9. The van der Waals surface area contributed by atoms with Crippen LogP contribution < -0.4 is 10.5 Å². The van der Waals surface area contributed by atoms with Crippen LogP contribution in [0.25, 0.3) is 0 Å². The van der Waals surface area contributed by atoms with Crippen molar-refractivity contribution in [3.8, 4) is 0 Å². The van der Waals surface area contributed by atoms with E-state index in [0.717, 1.165) is 25.7 Å². The summed E-state index contributed by atoms with van der Waals surface area (Å²) in [6.45, 7) is 2.02. The fourth-order valence-corrected chi connectivity index (χ4v) is 2.54. The Labute approximate surface area is 79.9 Å². The van der Waals surface area contributed by atoms with E-state index in [2.05, 4.69) is 4.72 Å². The predicted octanol–water partition coefficient (Wildman–Crippen LogP) is 0.196. The van der Waals surface area contributed by atoms with Crippen LogP contribution in [0.2, 0.25) is 0 Å². The summed E-state index contributed by atoms with van der Waals surface area (Å²) in [7, 11) is -3.05. The molecule has 1 aliphatic carbocycles. The molecule has 78 valence electrons. The molecule has 0 heterocycles. The van der Waals surface area contributed by atoms with Crippen molar-refractivity contribution >= 4 is 10.0 Å². The highest BCUT2D eigenvalue weighted by molar-refractivity contribution is 7.88. The van der Waals surface area contributed by atoms with Crippen LogP contribution in [-0.4, -0.2) is 26.3 Å². The standard InChI is InChI=1S/C8H18N2O2S/c1-8(9)5-3-7(4-6-8)10-13(2,11)12/h7,10H,3-6,9H2,1-2H3. The molecule has 0 radical (unpaired) electrons. The molecule has 0 aromatic rings. The molecule has 1 rings (SSSR count). The van der Waals surface area contributed by atoms with E-state index in [0.29, 0.717) is 0 Å². The van der Waals surface area contributed by atoms with Crippen LogP contribution in [0.1, 0.15) is 32.6 Å². The van der Waals surface area contributed by atoms with E-state index in [4.69, 9.17) is 5.73 Å². The Kier molecular flexibility index (Phi) is 2.99. The quantitative estimate of drug-likeness (QED) is 0.677. The molecule has 0 bridgehead atoms. The van der Waals surface area contributed by atoms with Crippen molar-refractivity contribution in [2.24, 2.45) is 5.73 Å². The number of rotatable bonds is 2. The van der Waals surface area contributed by atoms with Crippen molar-refractivity contribution in [3.05, 3.63) is 0 Å². The van der Waals surface area contributed by atoms with Gasteiger partial charge in [0.05, 0.1) is 6.26 Å². The summed E-state index contributed by atoms with van der Waals surface area (Å²) >= 11 is 0. The molecule has 3 N–H and O–H groups in total. The Morgan fingerprint density at radius 1 is 1.38 bits per heavy atom. The van der Waals surface area contributed by atoms with Crippen molar-refractivity contribution in [2.75, 3.05) is 6.26 Å². The van der Waals surface area contributed by atoms with Gasteiger partial charge in [0.25, 0.3) is 0 Å². The molecule has 0 amide bonds. The smallest absolute Gasteiger partial charge is 0.208 e. The van der Waals surface area contributed by atoms with Crippen molar-refractivity contribution in [2.45, 2.75) is 44.2 Å². The monoisotopic (exact) mass is 206 g/mol. The minimum absolute atomic E-state index is 0.0895. The van der Waals surface area contributed by atoms with E-state index in [1.807, 2.05) is 6.92 Å². The summed E-state index contributed by atoms with van der Waals surface area (Å²) in [4.78, 5) is 0. The van der Waals surface area contributed by atoms with Gasteiger partial charge in [-0.2, -0.15) is 0 Å². The Hall–Kier alpha value is -0.130. The lowest BCUT2D eigenvalue weighted by Gasteiger charge is -2.33. The molecule has 0 atom stereocenters. The van der Waals surface area contributed by atoms with Crippen LogP contribution in [0.4, 0.5) is 0 Å². The van der Waals surface area contributed by atoms with E-state index >= 15 is 0 Å². The summed E-state index contributed by atoms with van der Waals surface area (Å²) in [6.07, 6.45) is 4.67. The van der Waals surface area contributed by atoms with E-state index in [9.17, 15) is 8.42 Å². The molecule has 0 aliphatic heterocycles. The number of nitrogens with one attached hydrogen (secondary N) is 1. The number of hydrogen-bond acceptors (Lipinski definition) is 3. The molecular formula is C8H18N2O2S. The van der Waals surface area contributed by atoms with Gasteiger partial charge in [0.15, 0.2) is 0 Å². The van der Waals surface area contributed by atoms with Crippen LogP contribution in [0, 0.1) is 0 Å². The summed E-state index contributed by atoms with van der Waals surface area (Å²) in [6, 6.07) is 0.0895. The lowest BCUT2D eigenvalue weighted by Crippen LogP contribution is -2.46. The molecule has 1 saturated carbocycles. The zero-order valence-electron chi connectivity index (χ0n) is 8.21. The first-order valence-corrected chi connectivity index (χ1v) is 6.44. The second kappa shape index (κ2) is 3.55. The molecule has 0 saturated heterocycles. The van der Waals surface area contributed by atoms with Crippen molar-refractivity contribution in [3.63, 3.8) is 0 Å². The first-order valence-electron chi connectivity index (χ1n) is 4.55. The molecule has 1 fully saturated rings. The van der Waals surface area contributed by atoms with Crippen LogP contribution in [-0.2, 0) is 10.0 Å². The van der Waals surface area contributed by atoms with Crippen LogP contribution in [0.15, 0.2) is 0 Å². The Bertz CT molecular complexity index is 262. The fraction of sp³-hybridized carbons (Fsp3) is 1.00. The first-order chi connectivity index (χ1) is 5.79. The molecule has 13 heavy (non-hydrogen) atoms. The zero-order chi connectivity index (χ0) is 10.1. The van der Waals surface area contributed by atoms with Gasteiger partial charge >= 0.3 is 0 Å². The summed E-state index contributed by atoms with van der Waals surface area (Å²) in [5, 5.41) is 0. The molecule has 0 unspecified atom stereocenters. The molecule has 1 aliphatic rings. The Morgan fingerprint density at radius 2 is 1.85 bits per heavy atom. The number of nitrogens with two attached hydrogens (primary N) is 1. The third-order valence-corrected chi connectivity index (χ3v) is 3.27. The second-order valence-electron chi connectivity index (χ2n) is 4.32. The van der Waals surface area contributed by atoms with Crippen molar-refractivity contribution < 1.29 is 8.42 Å². The first kappa shape index (κ1) is 10.9. The highest BCUT2D eigenvalue weighted by Crippen LogP contribution is 2.25. The van der Waals surface area contributed by atoms with Gasteiger partial charge in [0, 0.05) is 11.6 Å². The summed E-state index contributed by atoms with van der Waals surface area (Å²) in [5.74, 6) is 0. The largest absolute Gasteiger partial charge is 0.325 e. The molecule has 0 spiro atoms. The van der Waals surface area contributed by atoms with E-state index in [-0.39, 0.29) is 11.6 Å². The maximum atomic E-state index is 10.9. The lowest BCUT2D eigenvalue weighted by atomic mass is 9.82. The Balaban J connectivity index is 2.43. The highest BCUT2D eigenvalue weighted by atomic mass is 32.2. The van der Waals surface area contributed by atoms with E-state index in [1.165, 1.54) is 6.26 Å². The SMILES string of the molecule is CC1(N)CCC(NS(C)(=O)=O)CC1. The van der Waals surface area contributed by atoms with Gasteiger partial charge < -0.3 is 5.73 Å². The second-order valence-corrected chi connectivity index (χ2v) is 6.10. The molecule has 4 nitrogen and oxygen atoms in total. The van der Waals surface area contributed by atoms with Crippen LogP contribution >= 0.6 is 0 Å². The van der Waals surface area contributed by atoms with Gasteiger partial charge in [0.2, 0.25) is 10.0 Å². The zero-order valence-corrected chi connectivity index (χ0v) is 9.02. The van der Waals surface area contributed by atoms with Crippen molar-refractivity contribution in [1.29, 1.82) is 0 Å². The third kappa shape index (κ3) is 4.06. The lowest BCUT2D eigenvalue weighted by molar-refractivity contribution is 0.285. The van der Waals surface area contributed by atoms with Crippen molar-refractivity contribution in [1.82, 2.24) is 4.72 Å².